The summed E-state index contributed by atoms with van der Waals surface area (Å²) in [7, 11) is 0. The van der Waals surface area contributed by atoms with E-state index in [2.05, 4.69) is 10.2 Å². The van der Waals surface area contributed by atoms with Gasteiger partial charge in [0, 0.05) is 30.9 Å². The highest BCUT2D eigenvalue weighted by atomic mass is 16.6. The van der Waals surface area contributed by atoms with Gasteiger partial charge in [0.2, 0.25) is 0 Å². The predicted octanol–water partition coefficient (Wildman–Crippen LogP) is 1.40. The third-order valence-corrected chi connectivity index (χ3v) is 2.80. The molecule has 1 heterocycles. The van der Waals surface area contributed by atoms with Gasteiger partial charge in [0.25, 0.3) is 5.69 Å². The predicted molar refractivity (Wildman–Crippen MR) is 62.7 cm³/mol. The maximum absolute atomic E-state index is 10.5. The molecule has 0 radical (unpaired) electrons. The summed E-state index contributed by atoms with van der Waals surface area (Å²) in [5.74, 6) is 0. The Morgan fingerprint density at radius 3 is 2.18 bits per heavy atom. The average molecular weight is 236 g/mol. The normalized spacial score (nSPS) is 15.8. The van der Waals surface area contributed by atoms with Crippen LogP contribution in [-0.2, 0) is 0 Å². The van der Waals surface area contributed by atoms with Gasteiger partial charge in [-0.1, -0.05) is 0 Å². The second-order valence-corrected chi connectivity index (χ2v) is 3.80. The number of hydrogen-bond acceptors (Lipinski definition) is 5. The van der Waals surface area contributed by atoms with Crippen molar-refractivity contribution in [2.24, 2.45) is 5.29 Å². The lowest BCUT2D eigenvalue weighted by Crippen LogP contribution is -2.43. The van der Waals surface area contributed by atoms with Gasteiger partial charge in [0.1, 0.15) is 0 Å². The van der Waals surface area contributed by atoms with Crippen molar-refractivity contribution in [3.8, 4) is 0 Å². The molecule has 0 aromatic heterocycles. The fourth-order valence-corrected chi connectivity index (χ4v) is 1.82. The van der Waals surface area contributed by atoms with Crippen molar-refractivity contribution in [2.75, 3.05) is 31.1 Å². The Labute approximate surface area is 97.7 Å². The van der Waals surface area contributed by atoms with Crippen LogP contribution in [0.4, 0.5) is 11.4 Å². The van der Waals surface area contributed by atoms with E-state index in [4.69, 9.17) is 0 Å². The summed E-state index contributed by atoms with van der Waals surface area (Å²) >= 11 is 0. The van der Waals surface area contributed by atoms with Crippen LogP contribution in [-0.4, -0.2) is 36.1 Å². The number of nitro benzene ring substituents is 1. The molecule has 1 aromatic rings. The lowest BCUT2D eigenvalue weighted by atomic mass is 10.2. The Morgan fingerprint density at radius 2 is 1.71 bits per heavy atom. The molecule has 0 unspecified atom stereocenters. The van der Waals surface area contributed by atoms with Crippen LogP contribution in [0.1, 0.15) is 0 Å². The minimum absolute atomic E-state index is 0.0851. The zero-order valence-corrected chi connectivity index (χ0v) is 9.15. The molecule has 90 valence electrons. The summed E-state index contributed by atoms with van der Waals surface area (Å²) in [6.45, 7) is 2.56. The Hall–Kier alpha value is -2.18. The molecule has 17 heavy (non-hydrogen) atoms. The second kappa shape index (κ2) is 4.77. The monoisotopic (exact) mass is 236 g/mol. The Kier molecular flexibility index (Phi) is 3.17. The molecule has 2 rings (SSSR count). The second-order valence-electron chi connectivity index (χ2n) is 3.80. The number of piperazine rings is 1. The fraction of sp³-hybridized carbons (Fsp3) is 0.400. The van der Waals surface area contributed by atoms with Crippen LogP contribution in [0.15, 0.2) is 29.6 Å². The topological polar surface area (TPSA) is 79.0 Å². The summed E-state index contributed by atoms with van der Waals surface area (Å²) in [5.41, 5.74) is 1.02. The molecule has 0 spiro atoms. The van der Waals surface area contributed by atoms with Gasteiger partial charge in [-0.2, -0.15) is 0 Å². The van der Waals surface area contributed by atoms with E-state index in [-0.39, 0.29) is 5.69 Å². The van der Waals surface area contributed by atoms with Crippen LogP contribution >= 0.6 is 0 Å². The first-order valence-electron chi connectivity index (χ1n) is 5.28. The quantitative estimate of drug-likeness (QED) is 0.450. The number of rotatable bonds is 3. The van der Waals surface area contributed by atoms with E-state index in [1.807, 2.05) is 0 Å². The van der Waals surface area contributed by atoms with Crippen LogP contribution in [0.3, 0.4) is 0 Å². The standard InChI is InChI=1S/C10H12N4O3/c15-11-13-7-5-12(6-8-13)9-1-3-10(4-2-9)14(16)17/h1-4H,5-8H2. The van der Waals surface area contributed by atoms with Gasteiger partial charge in [0.15, 0.2) is 0 Å². The van der Waals surface area contributed by atoms with E-state index in [9.17, 15) is 15.0 Å². The molecule has 0 atom stereocenters. The first kappa shape index (κ1) is 11.3. The SMILES string of the molecule is O=NN1CCN(c2ccc([N+](=O)[O-])cc2)CC1. The molecular weight excluding hydrogens is 224 g/mol. The van der Waals surface area contributed by atoms with E-state index < -0.39 is 4.92 Å². The summed E-state index contributed by atoms with van der Waals surface area (Å²) in [6.07, 6.45) is 0. The molecule has 0 bridgehead atoms. The van der Waals surface area contributed by atoms with Gasteiger partial charge in [-0.05, 0) is 12.1 Å². The Morgan fingerprint density at radius 1 is 1.12 bits per heavy atom. The minimum Gasteiger partial charge on any atom is -0.368 e. The van der Waals surface area contributed by atoms with Crippen molar-refractivity contribution in [3.05, 3.63) is 39.3 Å². The molecule has 1 fully saturated rings. The number of nitro groups is 1. The van der Waals surface area contributed by atoms with Crippen molar-refractivity contribution >= 4 is 11.4 Å². The molecule has 0 amide bonds. The lowest BCUT2D eigenvalue weighted by Gasteiger charge is -2.32. The highest BCUT2D eigenvalue weighted by molar-refractivity contribution is 5.51. The third kappa shape index (κ3) is 2.49. The smallest absolute Gasteiger partial charge is 0.269 e. The molecule has 0 aliphatic carbocycles. The number of benzene rings is 1. The Balaban J connectivity index is 2.03. The molecule has 0 N–H and O–H groups in total. The lowest BCUT2D eigenvalue weighted by molar-refractivity contribution is -0.384. The van der Waals surface area contributed by atoms with Gasteiger partial charge < -0.3 is 4.90 Å². The molecule has 1 aromatic carbocycles. The molecular formula is C10H12N4O3. The number of nitrogens with zero attached hydrogens (tertiary/aromatic N) is 4. The number of non-ortho nitro benzene ring substituents is 1. The average Bonchev–Trinajstić information content (AvgIpc) is 2.39. The van der Waals surface area contributed by atoms with Crippen LogP contribution in [0.5, 0.6) is 0 Å². The molecule has 0 saturated carbocycles. The number of hydrogen-bond donors (Lipinski definition) is 0. The van der Waals surface area contributed by atoms with E-state index in [0.29, 0.717) is 26.2 Å². The minimum atomic E-state index is -0.419. The van der Waals surface area contributed by atoms with Gasteiger partial charge in [-0.25, -0.2) is 0 Å². The van der Waals surface area contributed by atoms with Gasteiger partial charge in [-0.3, -0.25) is 15.1 Å². The largest absolute Gasteiger partial charge is 0.368 e. The van der Waals surface area contributed by atoms with Gasteiger partial charge in [0.05, 0.1) is 23.3 Å². The molecule has 1 aliphatic heterocycles. The van der Waals surface area contributed by atoms with E-state index in [0.717, 1.165) is 5.69 Å². The van der Waals surface area contributed by atoms with Crippen molar-refractivity contribution in [3.63, 3.8) is 0 Å². The zero-order chi connectivity index (χ0) is 12.3. The first-order chi connectivity index (χ1) is 8.20. The van der Waals surface area contributed by atoms with E-state index in [1.165, 1.54) is 17.1 Å². The van der Waals surface area contributed by atoms with Crippen LogP contribution in [0.2, 0.25) is 0 Å². The highest BCUT2D eigenvalue weighted by Crippen LogP contribution is 2.20. The molecule has 7 heteroatoms. The van der Waals surface area contributed by atoms with Crippen LogP contribution < -0.4 is 4.90 Å². The maximum Gasteiger partial charge on any atom is 0.269 e. The number of anilines is 1. The van der Waals surface area contributed by atoms with E-state index in [1.54, 1.807) is 12.1 Å². The summed E-state index contributed by atoms with van der Waals surface area (Å²) in [5, 5.41) is 14.9. The van der Waals surface area contributed by atoms with Crippen molar-refractivity contribution < 1.29 is 4.92 Å². The molecule has 7 nitrogen and oxygen atoms in total. The van der Waals surface area contributed by atoms with E-state index >= 15 is 0 Å². The van der Waals surface area contributed by atoms with Crippen LogP contribution in [0, 0.1) is 15.0 Å². The zero-order valence-electron chi connectivity index (χ0n) is 9.15. The summed E-state index contributed by atoms with van der Waals surface area (Å²) in [4.78, 5) is 22.5. The first-order valence-corrected chi connectivity index (χ1v) is 5.28. The summed E-state index contributed by atoms with van der Waals surface area (Å²) < 4.78 is 0. The third-order valence-electron chi connectivity index (χ3n) is 2.80. The van der Waals surface area contributed by atoms with Crippen molar-refractivity contribution in [1.29, 1.82) is 0 Å². The van der Waals surface area contributed by atoms with Gasteiger partial charge >= 0.3 is 0 Å². The van der Waals surface area contributed by atoms with Crippen molar-refractivity contribution in [1.82, 2.24) is 5.01 Å². The molecule has 1 saturated heterocycles. The van der Waals surface area contributed by atoms with Gasteiger partial charge in [-0.15, -0.1) is 4.91 Å². The number of nitroso groups, excluding NO2 is 1. The fourth-order valence-electron chi connectivity index (χ4n) is 1.82. The molecule has 1 aliphatic rings. The summed E-state index contributed by atoms with van der Waals surface area (Å²) in [6, 6.07) is 6.42. The van der Waals surface area contributed by atoms with Crippen LogP contribution in [0.25, 0.3) is 0 Å². The Bertz CT molecular complexity index is 412. The maximum atomic E-state index is 10.5. The highest BCUT2D eigenvalue weighted by Gasteiger charge is 2.17. The van der Waals surface area contributed by atoms with Crippen molar-refractivity contribution in [2.45, 2.75) is 0 Å².